The van der Waals surface area contributed by atoms with Gasteiger partial charge in [-0.3, -0.25) is 4.98 Å². The molecule has 1 aromatic carbocycles. The van der Waals surface area contributed by atoms with Crippen LogP contribution in [-0.4, -0.2) is 21.0 Å². The maximum atomic E-state index is 13.4. The van der Waals surface area contributed by atoms with Gasteiger partial charge in [0.15, 0.2) is 0 Å². The Morgan fingerprint density at radius 1 is 1.12 bits per heavy atom. The minimum atomic E-state index is -0.248. The van der Waals surface area contributed by atoms with Gasteiger partial charge >= 0.3 is 0 Å². The minimum Gasteiger partial charge on any atom is -0.366 e. The molecule has 0 aliphatic carbocycles. The van der Waals surface area contributed by atoms with E-state index in [0.29, 0.717) is 18.3 Å². The van der Waals surface area contributed by atoms with Crippen molar-refractivity contribution in [2.45, 2.75) is 32.9 Å². The van der Waals surface area contributed by atoms with Gasteiger partial charge in [0.1, 0.15) is 11.6 Å². The second-order valence-corrected chi connectivity index (χ2v) is 6.14. The second kappa shape index (κ2) is 8.38. The number of halogens is 1. The van der Waals surface area contributed by atoms with Gasteiger partial charge in [0, 0.05) is 36.6 Å². The number of hydrogen-bond acceptors (Lipinski definition) is 5. The largest absolute Gasteiger partial charge is 0.366 e. The summed E-state index contributed by atoms with van der Waals surface area (Å²) in [5.74, 6) is 0.985. The van der Waals surface area contributed by atoms with Crippen LogP contribution < -0.4 is 10.6 Å². The zero-order valence-corrected chi connectivity index (χ0v) is 14.9. The number of benzene rings is 1. The van der Waals surface area contributed by atoms with Gasteiger partial charge in [-0.2, -0.15) is 4.98 Å². The molecular weight excluding hydrogens is 329 g/mol. The number of nitrogens with one attached hydrogen (secondary N) is 2. The molecule has 0 aliphatic heterocycles. The molecule has 3 aromatic rings. The van der Waals surface area contributed by atoms with Gasteiger partial charge in [-0.05, 0) is 43.2 Å². The highest BCUT2D eigenvalue weighted by Gasteiger charge is 2.09. The van der Waals surface area contributed by atoms with Crippen molar-refractivity contribution < 1.29 is 4.39 Å². The summed E-state index contributed by atoms with van der Waals surface area (Å²) < 4.78 is 13.4. The van der Waals surface area contributed by atoms with Crippen LogP contribution >= 0.6 is 0 Å². The van der Waals surface area contributed by atoms with Gasteiger partial charge in [-0.15, -0.1) is 0 Å². The molecule has 1 atom stereocenters. The average molecular weight is 351 g/mol. The lowest BCUT2D eigenvalue weighted by atomic mass is 10.2. The van der Waals surface area contributed by atoms with E-state index in [1.807, 2.05) is 24.3 Å². The fraction of sp³-hybridized carbons (Fsp3) is 0.250. The molecule has 134 valence electrons. The summed E-state index contributed by atoms with van der Waals surface area (Å²) in [7, 11) is 0. The SMILES string of the molecule is CC[C@@H](C)Nc1nc(NCc2cccc(F)c2)cc(-c2cccnc2)n1. The monoisotopic (exact) mass is 351 g/mol. The number of rotatable bonds is 7. The number of pyridine rings is 1. The Morgan fingerprint density at radius 3 is 2.73 bits per heavy atom. The summed E-state index contributed by atoms with van der Waals surface area (Å²) >= 11 is 0. The first-order chi connectivity index (χ1) is 12.6. The molecule has 0 fully saturated rings. The molecule has 2 N–H and O–H groups in total. The molecule has 0 amide bonds. The molecule has 0 radical (unpaired) electrons. The van der Waals surface area contributed by atoms with Crippen molar-refractivity contribution in [3.05, 3.63) is 66.2 Å². The van der Waals surface area contributed by atoms with Crippen molar-refractivity contribution in [2.24, 2.45) is 0 Å². The second-order valence-electron chi connectivity index (χ2n) is 6.14. The molecular formula is C20H22FN5. The molecule has 5 nitrogen and oxygen atoms in total. The Morgan fingerprint density at radius 2 is 2.00 bits per heavy atom. The number of nitrogens with zero attached hydrogens (tertiary/aromatic N) is 3. The van der Waals surface area contributed by atoms with E-state index in [1.165, 1.54) is 12.1 Å². The topological polar surface area (TPSA) is 62.7 Å². The van der Waals surface area contributed by atoms with E-state index in [-0.39, 0.29) is 11.9 Å². The van der Waals surface area contributed by atoms with Crippen LogP contribution in [0.5, 0.6) is 0 Å². The predicted molar refractivity (Wildman–Crippen MR) is 102 cm³/mol. The molecule has 0 bridgehead atoms. The lowest BCUT2D eigenvalue weighted by Crippen LogP contribution is -2.16. The van der Waals surface area contributed by atoms with Crippen molar-refractivity contribution in [3.8, 4) is 11.3 Å². The smallest absolute Gasteiger partial charge is 0.225 e. The van der Waals surface area contributed by atoms with E-state index in [1.54, 1.807) is 18.5 Å². The van der Waals surface area contributed by atoms with E-state index in [9.17, 15) is 4.39 Å². The molecule has 6 heteroatoms. The Hall–Kier alpha value is -3.02. The van der Waals surface area contributed by atoms with Crippen LogP contribution in [0.4, 0.5) is 16.2 Å². The summed E-state index contributed by atoms with van der Waals surface area (Å²) in [4.78, 5) is 13.3. The Balaban J connectivity index is 1.86. The van der Waals surface area contributed by atoms with E-state index in [0.717, 1.165) is 23.2 Å². The molecule has 2 aromatic heterocycles. The van der Waals surface area contributed by atoms with Crippen LogP contribution in [-0.2, 0) is 6.54 Å². The van der Waals surface area contributed by atoms with Gasteiger partial charge in [-0.25, -0.2) is 9.37 Å². The van der Waals surface area contributed by atoms with Gasteiger partial charge in [0.05, 0.1) is 5.69 Å². The number of aromatic nitrogens is 3. The van der Waals surface area contributed by atoms with Crippen molar-refractivity contribution in [3.63, 3.8) is 0 Å². The third-order valence-electron chi connectivity index (χ3n) is 4.03. The highest BCUT2D eigenvalue weighted by atomic mass is 19.1. The van der Waals surface area contributed by atoms with Crippen molar-refractivity contribution in [2.75, 3.05) is 10.6 Å². The van der Waals surface area contributed by atoms with Gasteiger partial charge in [-0.1, -0.05) is 19.1 Å². The standard InChI is InChI=1S/C20H22FN5/c1-3-14(2)24-20-25-18(16-7-5-9-22-13-16)11-19(26-20)23-12-15-6-4-8-17(21)10-15/h4-11,13-14H,3,12H2,1-2H3,(H2,23,24,25,26)/t14-/m1/s1. The summed E-state index contributed by atoms with van der Waals surface area (Å²) in [6.07, 6.45) is 4.46. The maximum Gasteiger partial charge on any atom is 0.225 e. The number of hydrogen-bond donors (Lipinski definition) is 2. The van der Waals surface area contributed by atoms with Crippen LogP contribution in [0, 0.1) is 5.82 Å². The molecule has 0 saturated carbocycles. The molecule has 0 unspecified atom stereocenters. The predicted octanol–water partition coefficient (Wildman–Crippen LogP) is 4.50. The third-order valence-corrected chi connectivity index (χ3v) is 4.03. The van der Waals surface area contributed by atoms with Crippen LogP contribution in [0.3, 0.4) is 0 Å². The zero-order valence-electron chi connectivity index (χ0n) is 14.9. The molecule has 0 spiro atoms. The molecule has 0 saturated heterocycles. The van der Waals surface area contributed by atoms with Gasteiger partial charge in [0.25, 0.3) is 0 Å². The minimum absolute atomic E-state index is 0.248. The Labute approximate surface area is 152 Å². The van der Waals surface area contributed by atoms with Crippen LogP contribution in [0.15, 0.2) is 54.9 Å². The first-order valence-corrected chi connectivity index (χ1v) is 8.68. The Bertz CT molecular complexity index is 854. The Kier molecular flexibility index (Phi) is 5.73. The van der Waals surface area contributed by atoms with Crippen LogP contribution in [0.2, 0.25) is 0 Å². The van der Waals surface area contributed by atoms with Crippen molar-refractivity contribution in [1.29, 1.82) is 0 Å². The first-order valence-electron chi connectivity index (χ1n) is 8.68. The average Bonchev–Trinajstić information content (AvgIpc) is 2.67. The normalized spacial score (nSPS) is 11.8. The summed E-state index contributed by atoms with van der Waals surface area (Å²) in [6, 6.07) is 12.5. The highest BCUT2D eigenvalue weighted by molar-refractivity contribution is 5.63. The van der Waals surface area contributed by atoms with Crippen LogP contribution in [0.25, 0.3) is 11.3 Å². The third kappa shape index (κ3) is 4.75. The fourth-order valence-corrected chi connectivity index (χ4v) is 2.43. The van der Waals surface area contributed by atoms with E-state index >= 15 is 0 Å². The summed E-state index contributed by atoms with van der Waals surface area (Å²) in [6.45, 7) is 4.66. The number of anilines is 2. The van der Waals surface area contributed by atoms with E-state index in [4.69, 9.17) is 0 Å². The van der Waals surface area contributed by atoms with Gasteiger partial charge in [0.2, 0.25) is 5.95 Å². The molecule has 2 heterocycles. The lowest BCUT2D eigenvalue weighted by molar-refractivity contribution is 0.626. The van der Waals surface area contributed by atoms with Crippen LogP contribution in [0.1, 0.15) is 25.8 Å². The summed E-state index contributed by atoms with van der Waals surface area (Å²) in [5.41, 5.74) is 2.54. The lowest BCUT2D eigenvalue weighted by Gasteiger charge is -2.14. The molecule has 3 rings (SSSR count). The zero-order chi connectivity index (χ0) is 18.4. The van der Waals surface area contributed by atoms with Crippen molar-refractivity contribution in [1.82, 2.24) is 15.0 Å². The molecule has 26 heavy (non-hydrogen) atoms. The maximum absolute atomic E-state index is 13.4. The first kappa shape index (κ1) is 17.8. The van der Waals surface area contributed by atoms with Crippen molar-refractivity contribution >= 4 is 11.8 Å². The fourth-order valence-electron chi connectivity index (χ4n) is 2.43. The molecule has 0 aliphatic rings. The summed E-state index contributed by atoms with van der Waals surface area (Å²) in [5, 5.41) is 6.56. The van der Waals surface area contributed by atoms with E-state index in [2.05, 4.69) is 39.4 Å². The quantitative estimate of drug-likeness (QED) is 0.656. The van der Waals surface area contributed by atoms with E-state index < -0.39 is 0 Å². The van der Waals surface area contributed by atoms with Gasteiger partial charge < -0.3 is 10.6 Å². The highest BCUT2D eigenvalue weighted by Crippen LogP contribution is 2.21.